The average molecular weight is 286 g/mol. The van der Waals surface area contributed by atoms with Crippen molar-refractivity contribution in [2.75, 3.05) is 45.2 Å². The van der Waals surface area contributed by atoms with Crippen LogP contribution in [0.1, 0.15) is 6.42 Å². The Hall–Kier alpha value is -1.78. The van der Waals surface area contributed by atoms with Gasteiger partial charge in [-0.25, -0.2) is 0 Å². The van der Waals surface area contributed by atoms with Crippen LogP contribution in [0.25, 0.3) is 10.8 Å². The van der Waals surface area contributed by atoms with E-state index in [0.29, 0.717) is 0 Å². The summed E-state index contributed by atoms with van der Waals surface area (Å²) in [5, 5.41) is 2.15. The third-order valence-corrected chi connectivity index (χ3v) is 3.90. The number of ether oxygens (including phenoxy) is 2. The molecule has 1 aliphatic rings. The smallest absolute Gasteiger partial charge is 0.127 e. The van der Waals surface area contributed by atoms with E-state index in [0.717, 1.165) is 68.1 Å². The molecule has 3 rings (SSSR count). The van der Waals surface area contributed by atoms with E-state index in [2.05, 4.69) is 11.0 Å². The lowest BCUT2D eigenvalue weighted by Crippen LogP contribution is -2.37. The quantitative estimate of drug-likeness (QED) is 0.678. The minimum atomic E-state index is 0.727. The topological polar surface area (TPSA) is 47.7 Å². The second-order valence-corrected chi connectivity index (χ2v) is 5.35. The molecule has 1 saturated heterocycles. The number of hydrogen-bond donors (Lipinski definition) is 1. The standard InChI is InChI=1S/C17H22N2O2/c18-16-6-1-5-15-14(16)4-2-7-17(15)21-11-3-8-19-9-12-20-13-10-19/h1-2,4-7H,3,8-13,18H2. The summed E-state index contributed by atoms with van der Waals surface area (Å²) in [7, 11) is 0. The second-order valence-electron chi connectivity index (χ2n) is 5.35. The van der Waals surface area contributed by atoms with Gasteiger partial charge in [0.2, 0.25) is 0 Å². The van der Waals surface area contributed by atoms with Crippen molar-refractivity contribution in [3.63, 3.8) is 0 Å². The van der Waals surface area contributed by atoms with Gasteiger partial charge < -0.3 is 15.2 Å². The van der Waals surface area contributed by atoms with E-state index in [9.17, 15) is 0 Å². The first-order valence-electron chi connectivity index (χ1n) is 7.55. The Bertz CT molecular complexity index is 594. The van der Waals surface area contributed by atoms with Crippen LogP contribution >= 0.6 is 0 Å². The van der Waals surface area contributed by atoms with Gasteiger partial charge >= 0.3 is 0 Å². The molecule has 0 unspecified atom stereocenters. The highest BCUT2D eigenvalue weighted by Crippen LogP contribution is 2.29. The molecule has 0 aromatic heterocycles. The molecule has 0 spiro atoms. The minimum absolute atomic E-state index is 0.727. The van der Waals surface area contributed by atoms with Crippen molar-refractivity contribution in [2.45, 2.75) is 6.42 Å². The molecule has 112 valence electrons. The third-order valence-electron chi connectivity index (χ3n) is 3.90. The van der Waals surface area contributed by atoms with E-state index in [1.165, 1.54) is 0 Å². The van der Waals surface area contributed by atoms with Crippen molar-refractivity contribution in [2.24, 2.45) is 0 Å². The van der Waals surface area contributed by atoms with Crippen LogP contribution in [0.2, 0.25) is 0 Å². The Balaban J connectivity index is 1.57. The molecule has 2 aromatic carbocycles. The molecule has 4 nitrogen and oxygen atoms in total. The van der Waals surface area contributed by atoms with E-state index in [1.807, 2.05) is 30.3 Å². The molecule has 0 radical (unpaired) electrons. The van der Waals surface area contributed by atoms with Gasteiger partial charge in [0.25, 0.3) is 0 Å². The summed E-state index contributed by atoms with van der Waals surface area (Å²) < 4.78 is 11.3. The summed E-state index contributed by atoms with van der Waals surface area (Å²) in [6, 6.07) is 12.0. The molecule has 1 fully saturated rings. The van der Waals surface area contributed by atoms with Gasteiger partial charge in [-0.3, -0.25) is 4.90 Å². The van der Waals surface area contributed by atoms with E-state index < -0.39 is 0 Å². The Labute approximate surface area is 125 Å². The maximum atomic E-state index is 6.00. The average Bonchev–Trinajstić information content (AvgIpc) is 2.53. The summed E-state index contributed by atoms with van der Waals surface area (Å²) in [4.78, 5) is 2.42. The van der Waals surface area contributed by atoms with Crippen molar-refractivity contribution >= 4 is 16.5 Å². The highest BCUT2D eigenvalue weighted by molar-refractivity contribution is 5.96. The Morgan fingerprint density at radius 3 is 2.67 bits per heavy atom. The highest BCUT2D eigenvalue weighted by atomic mass is 16.5. The van der Waals surface area contributed by atoms with Crippen molar-refractivity contribution in [3.05, 3.63) is 36.4 Å². The molecular weight excluding hydrogens is 264 g/mol. The predicted molar refractivity (Wildman–Crippen MR) is 85.7 cm³/mol. The van der Waals surface area contributed by atoms with E-state index in [-0.39, 0.29) is 0 Å². The number of rotatable bonds is 5. The minimum Gasteiger partial charge on any atom is -0.493 e. The van der Waals surface area contributed by atoms with Gasteiger partial charge in [-0.1, -0.05) is 24.3 Å². The molecule has 0 bridgehead atoms. The fraction of sp³-hybridized carbons (Fsp3) is 0.412. The van der Waals surface area contributed by atoms with Gasteiger partial charge in [0.05, 0.1) is 19.8 Å². The zero-order valence-corrected chi connectivity index (χ0v) is 12.3. The number of nitrogens with zero attached hydrogens (tertiary/aromatic N) is 1. The van der Waals surface area contributed by atoms with Gasteiger partial charge in [-0.15, -0.1) is 0 Å². The van der Waals surface area contributed by atoms with Crippen molar-refractivity contribution in [1.29, 1.82) is 0 Å². The van der Waals surface area contributed by atoms with Crippen LogP contribution in [-0.4, -0.2) is 44.4 Å². The van der Waals surface area contributed by atoms with Crippen LogP contribution in [0.3, 0.4) is 0 Å². The second kappa shape index (κ2) is 6.78. The summed E-state index contributed by atoms with van der Waals surface area (Å²) in [5.41, 5.74) is 6.80. The Morgan fingerprint density at radius 2 is 1.81 bits per heavy atom. The highest BCUT2D eigenvalue weighted by Gasteiger charge is 2.09. The van der Waals surface area contributed by atoms with Crippen LogP contribution in [-0.2, 0) is 4.74 Å². The maximum absolute atomic E-state index is 6.00. The first-order chi connectivity index (χ1) is 10.3. The van der Waals surface area contributed by atoms with Crippen LogP contribution < -0.4 is 10.5 Å². The summed E-state index contributed by atoms with van der Waals surface area (Å²) in [6.07, 6.45) is 1.03. The number of benzene rings is 2. The number of nitrogen functional groups attached to an aromatic ring is 1. The fourth-order valence-electron chi connectivity index (χ4n) is 2.73. The molecule has 21 heavy (non-hydrogen) atoms. The van der Waals surface area contributed by atoms with Gasteiger partial charge in [0, 0.05) is 36.1 Å². The largest absolute Gasteiger partial charge is 0.493 e. The molecule has 1 aliphatic heterocycles. The lowest BCUT2D eigenvalue weighted by Gasteiger charge is -2.26. The first kappa shape index (κ1) is 14.2. The predicted octanol–water partition coefficient (Wildman–Crippen LogP) is 2.52. The molecule has 4 heteroatoms. The van der Waals surface area contributed by atoms with Crippen LogP contribution in [0.5, 0.6) is 5.75 Å². The van der Waals surface area contributed by atoms with Gasteiger partial charge in [-0.2, -0.15) is 0 Å². The van der Waals surface area contributed by atoms with E-state index in [4.69, 9.17) is 15.2 Å². The third kappa shape index (κ3) is 3.46. The van der Waals surface area contributed by atoms with Gasteiger partial charge in [0.1, 0.15) is 5.75 Å². The summed E-state index contributed by atoms with van der Waals surface area (Å²) >= 11 is 0. The SMILES string of the molecule is Nc1cccc2c(OCCCN3CCOCC3)cccc12. The number of anilines is 1. The first-order valence-corrected chi connectivity index (χ1v) is 7.55. The normalized spacial score (nSPS) is 16.2. The summed E-state index contributed by atoms with van der Waals surface area (Å²) in [5.74, 6) is 0.918. The molecule has 0 atom stereocenters. The van der Waals surface area contributed by atoms with Gasteiger partial charge in [-0.05, 0) is 18.6 Å². The molecule has 2 aromatic rings. The van der Waals surface area contributed by atoms with Crippen molar-refractivity contribution in [1.82, 2.24) is 4.90 Å². The molecule has 0 amide bonds. The van der Waals surface area contributed by atoms with Crippen LogP contribution in [0, 0.1) is 0 Å². The molecule has 0 saturated carbocycles. The van der Waals surface area contributed by atoms with Gasteiger partial charge in [0.15, 0.2) is 0 Å². The van der Waals surface area contributed by atoms with Crippen molar-refractivity contribution in [3.8, 4) is 5.75 Å². The summed E-state index contributed by atoms with van der Waals surface area (Å²) in [6.45, 7) is 5.56. The fourth-order valence-corrected chi connectivity index (χ4v) is 2.73. The number of morpholine rings is 1. The maximum Gasteiger partial charge on any atom is 0.127 e. The van der Waals surface area contributed by atoms with Crippen LogP contribution in [0.15, 0.2) is 36.4 Å². The monoisotopic (exact) mass is 286 g/mol. The molecule has 1 heterocycles. The lowest BCUT2D eigenvalue weighted by molar-refractivity contribution is 0.0358. The Kier molecular flexibility index (Phi) is 4.58. The molecular formula is C17H22N2O2. The van der Waals surface area contributed by atoms with Crippen molar-refractivity contribution < 1.29 is 9.47 Å². The number of nitrogens with two attached hydrogens (primary N) is 1. The van der Waals surface area contributed by atoms with Crippen LogP contribution in [0.4, 0.5) is 5.69 Å². The van der Waals surface area contributed by atoms with E-state index in [1.54, 1.807) is 0 Å². The van der Waals surface area contributed by atoms with E-state index >= 15 is 0 Å². The molecule has 2 N–H and O–H groups in total. The number of fused-ring (bicyclic) bond motifs is 1. The zero-order valence-electron chi connectivity index (χ0n) is 12.3. The zero-order chi connectivity index (χ0) is 14.5. The molecule has 0 aliphatic carbocycles. The number of hydrogen-bond acceptors (Lipinski definition) is 4. The Morgan fingerprint density at radius 1 is 1.05 bits per heavy atom. The lowest BCUT2D eigenvalue weighted by atomic mass is 10.1.